The highest BCUT2D eigenvalue weighted by molar-refractivity contribution is 5.95. The van der Waals surface area contributed by atoms with E-state index in [4.69, 9.17) is 9.47 Å². The summed E-state index contributed by atoms with van der Waals surface area (Å²) in [5, 5.41) is 4.67. The van der Waals surface area contributed by atoms with E-state index < -0.39 is 24.5 Å². The number of rotatable bonds is 7. The van der Waals surface area contributed by atoms with Gasteiger partial charge in [0, 0.05) is 6.04 Å². The van der Waals surface area contributed by atoms with Gasteiger partial charge in [0.1, 0.15) is 5.75 Å². The Morgan fingerprint density at radius 1 is 1.17 bits per heavy atom. The van der Waals surface area contributed by atoms with Crippen LogP contribution in [0.3, 0.4) is 0 Å². The number of imide groups is 1. The van der Waals surface area contributed by atoms with E-state index in [1.807, 2.05) is 13.8 Å². The van der Waals surface area contributed by atoms with E-state index in [1.54, 1.807) is 31.4 Å². The molecule has 23 heavy (non-hydrogen) atoms. The number of amides is 3. The molecule has 126 valence electrons. The third-order valence-corrected chi connectivity index (χ3v) is 3.11. The fraction of sp³-hybridized carbons (Fsp3) is 0.438. The smallest absolute Gasteiger partial charge is 0.321 e. The van der Waals surface area contributed by atoms with Gasteiger partial charge in [-0.05, 0) is 31.0 Å². The van der Waals surface area contributed by atoms with Gasteiger partial charge in [-0.25, -0.2) is 4.79 Å². The molecule has 0 unspecified atom stereocenters. The molecule has 0 aliphatic carbocycles. The zero-order valence-corrected chi connectivity index (χ0v) is 13.5. The van der Waals surface area contributed by atoms with Crippen molar-refractivity contribution in [1.29, 1.82) is 0 Å². The zero-order chi connectivity index (χ0) is 17.2. The number of ether oxygens (including phenoxy) is 2. The molecule has 7 nitrogen and oxygen atoms in total. The van der Waals surface area contributed by atoms with Crippen LogP contribution in [0.1, 0.15) is 25.8 Å². The highest BCUT2D eigenvalue weighted by atomic mass is 16.5. The van der Waals surface area contributed by atoms with Crippen LogP contribution in [0.15, 0.2) is 24.3 Å². The molecule has 3 amide bonds. The number of hydrogen-bond acceptors (Lipinski definition) is 5. The number of esters is 1. The first-order valence-electron chi connectivity index (χ1n) is 7.33. The summed E-state index contributed by atoms with van der Waals surface area (Å²) in [6.07, 6.45) is 0.787. The maximum absolute atomic E-state index is 11.6. The second kappa shape index (κ2) is 9.45. The number of carbonyl (C=O) groups excluding carboxylic acids is 3. The van der Waals surface area contributed by atoms with Crippen LogP contribution in [0, 0.1) is 0 Å². The Hall–Kier alpha value is -2.57. The number of benzene rings is 1. The molecule has 1 aromatic rings. The van der Waals surface area contributed by atoms with Crippen molar-refractivity contribution in [3.63, 3.8) is 0 Å². The van der Waals surface area contributed by atoms with Crippen molar-refractivity contribution in [2.45, 2.75) is 32.7 Å². The van der Waals surface area contributed by atoms with Gasteiger partial charge in [-0.2, -0.15) is 0 Å². The lowest BCUT2D eigenvalue weighted by Gasteiger charge is -2.11. The largest absolute Gasteiger partial charge is 0.497 e. The number of nitrogens with one attached hydrogen (secondary N) is 2. The second-order valence-electron chi connectivity index (χ2n) is 5.02. The van der Waals surface area contributed by atoms with E-state index in [-0.39, 0.29) is 12.5 Å². The van der Waals surface area contributed by atoms with Gasteiger partial charge in [0.15, 0.2) is 6.61 Å². The highest BCUT2D eigenvalue weighted by Gasteiger charge is 2.12. The number of carbonyl (C=O) groups is 3. The van der Waals surface area contributed by atoms with Crippen LogP contribution in [-0.2, 0) is 20.7 Å². The number of urea groups is 1. The summed E-state index contributed by atoms with van der Waals surface area (Å²) < 4.78 is 9.85. The minimum absolute atomic E-state index is 0.0380. The van der Waals surface area contributed by atoms with E-state index in [1.165, 1.54) is 0 Å². The molecule has 0 aliphatic rings. The standard InChI is InChI=1S/C16H22N2O5/c1-4-11(2)17-16(21)18-14(19)10-23-15(20)9-12-5-7-13(22-3)8-6-12/h5-8,11H,4,9-10H2,1-3H3,(H2,17,18,19,21)/t11-/m1/s1. The average Bonchev–Trinajstić information content (AvgIpc) is 2.53. The Balaban J connectivity index is 2.31. The summed E-state index contributed by atoms with van der Waals surface area (Å²) in [5.74, 6) is -0.532. The fourth-order valence-corrected chi connectivity index (χ4v) is 1.63. The van der Waals surface area contributed by atoms with Gasteiger partial charge in [0.05, 0.1) is 13.5 Å². The van der Waals surface area contributed by atoms with Gasteiger partial charge in [0.2, 0.25) is 0 Å². The molecule has 0 spiro atoms. The molecule has 0 bridgehead atoms. The molecule has 1 atom stereocenters. The molecule has 0 aromatic heterocycles. The Labute approximate surface area is 135 Å². The molecule has 2 N–H and O–H groups in total. The van der Waals surface area contributed by atoms with Crippen molar-refractivity contribution in [2.75, 3.05) is 13.7 Å². The summed E-state index contributed by atoms with van der Waals surface area (Å²) in [6.45, 7) is 3.23. The monoisotopic (exact) mass is 322 g/mol. The van der Waals surface area contributed by atoms with Gasteiger partial charge in [-0.3, -0.25) is 14.9 Å². The van der Waals surface area contributed by atoms with E-state index in [0.29, 0.717) is 5.75 Å². The van der Waals surface area contributed by atoms with Gasteiger partial charge in [0.25, 0.3) is 5.91 Å². The molecule has 1 rings (SSSR count). The first-order chi connectivity index (χ1) is 10.9. The van der Waals surface area contributed by atoms with Crippen molar-refractivity contribution in [1.82, 2.24) is 10.6 Å². The maximum atomic E-state index is 11.6. The van der Waals surface area contributed by atoms with Crippen LogP contribution in [-0.4, -0.2) is 37.7 Å². The minimum Gasteiger partial charge on any atom is -0.497 e. The van der Waals surface area contributed by atoms with Crippen molar-refractivity contribution >= 4 is 17.9 Å². The number of methoxy groups -OCH3 is 1. The van der Waals surface area contributed by atoms with Gasteiger partial charge >= 0.3 is 12.0 Å². The van der Waals surface area contributed by atoms with Crippen molar-refractivity contribution in [3.8, 4) is 5.75 Å². The lowest BCUT2D eigenvalue weighted by molar-refractivity contribution is -0.147. The van der Waals surface area contributed by atoms with E-state index in [0.717, 1.165) is 12.0 Å². The summed E-state index contributed by atoms with van der Waals surface area (Å²) >= 11 is 0. The lowest BCUT2D eigenvalue weighted by atomic mass is 10.1. The molecule has 0 saturated heterocycles. The van der Waals surface area contributed by atoms with Crippen LogP contribution >= 0.6 is 0 Å². The van der Waals surface area contributed by atoms with Gasteiger partial charge in [-0.15, -0.1) is 0 Å². The molecule has 0 heterocycles. The Bertz CT molecular complexity index is 542. The van der Waals surface area contributed by atoms with Crippen LogP contribution in [0.2, 0.25) is 0 Å². The van der Waals surface area contributed by atoms with E-state index in [9.17, 15) is 14.4 Å². The highest BCUT2D eigenvalue weighted by Crippen LogP contribution is 2.11. The summed E-state index contributed by atoms with van der Waals surface area (Å²) in [5.41, 5.74) is 0.741. The van der Waals surface area contributed by atoms with Crippen molar-refractivity contribution < 1.29 is 23.9 Å². The van der Waals surface area contributed by atoms with Crippen molar-refractivity contribution in [3.05, 3.63) is 29.8 Å². The first-order valence-corrected chi connectivity index (χ1v) is 7.33. The molecule has 7 heteroatoms. The topological polar surface area (TPSA) is 93.7 Å². The number of hydrogen-bond donors (Lipinski definition) is 2. The van der Waals surface area contributed by atoms with E-state index >= 15 is 0 Å². The van der Waals surface area contributed by atoms with E-state index in [2.05, 4.69) is 10.6 Å². The molecule has 1 aromatic carbocycles. The molecule has 0 aliphatic heterocycles. The van der Waals surface area contributed by atoms with Crippen LogP contribution in [0.4, 0.5) is 4.79 Å². The Morgan fingerprint density at radius 3 is 2.39 bits per heavy atom. The predicted molar refractivity (Wildman–Crippen MR) is 84.1 cm³/mol. The molecular formula is C16H22N2O5. The summed E-state index contributed by atoms with van der Waals surface area (Å²) in [6, 6.07) is 6.29. The minimum atomic E-state index is -0.672. The zero-order valence-electron chi connectivity index (χ0n) is 13.5. The third kappa shape index (κ3) is 7.30. The quantitative estimate of drug-likeness (QED) is 0.740. The van der Waals surface area contributed by atoms with Crippen LogP contribution < -0.4 is 15.4 Å². The summed E-state index contributed by atoms with van der Waals surface area (Å²) in [7, 11) is 1.55. The van der Waals surface area contributed by atoms with Gasteiger partial charge in [-0.1, -0.05) is 19.1 Å². The molecule has 0 radical (unpaired) electrons. The predicted octanol–water partition coefficient (Wildman–Crippen LogP) is 1.41. The van der Waals surface area contributed by atoms with Crippen molar-refractivity contribution in [2.24, 2.45) is 0 Å². The first kappa shape index (κ1) is 18.5. The Morgan fingerprint density at radius 2 is 1.83 bits per heavy atom. The summed E-state index contributed by atoms with van der Waals surface area (Å²) in [4.78, 5) is 34.6. The SMILES string of the molecule is CC[C@@H](C)NC(=O)NC(=O)COC(=O)Cc1ccc(OC)cc1. The molecule has 0 saturated carbocycles. The third-order valence-electron chi connectivity index (χ3n) is 3.11. The average molecular weight is 322 g/mol. The molecular weight excluding hydrogens is 300 g/mol. The van der Waals surface area contributed by atoms with Crippen LogP contribution in [0.25, 0.3) is 0 Å². The van der Waals surface area contributed by atoms with Crippen LogP contribution in [0.5, 0.6) is 5.75 Å². The van der Waals surface area contributed by atoms with Gasteiger partial charge < -0.3 is 14.8 Å². The second-order valence-corrected chi connectivity index (χ2v) is 5.02. The lowest BCUT2D eigenvalue weighted by Crippen LogP contribution is -2.44. The molecule has 0 fully saturated rings. The Kier molecular flexibility index (Phi) is 7.59. The maximum Gasteiger partial charge on any atom is 0.321 e. The normalized spacial score (nSPS) is 11.3. The fourth-order valence-electron chi connectivity index (χ4n) is 1.63.